The fourth-order valence-corrected chi connectivity index (χ4v) is 5.86. The predicted molar refractivity (Wildman–Crippen MR) is 137 cm³/mol. The number of benzene rings is 3. The molecular weight excluding hydrogens is 480 g/mol. The topological polar surface area (TPSA) is 70.5 Å². The summed E-state index contributed by atoms with van der Waals surface area (Å²) in [5.74, 6) is -0.0717. The molecular formula is C28H21ClN2O3S. The van der Waals surface area contributed by atoms with Gasteiger partial charge in [-0.1, -0.05) is 90.1 Å². The molecule has 0 saturated carbocycles. The van der Waals surface area contributed by atoms with E-state index in [0.717, 1.165) is 33.4 Å². The highest BCUT2D eigenvalue weighted by Gasteiger charge is 2.31. The lowest BCUT2D eigenvalue weighted by atomic mass is 9.96. The Hall–Kier alpha value is -3.61. The maximum absolute atomic E-state index is 12.4. The molecule has 1 aliphatic rings. The maximum Gasteiger partial charge on any atom is 0.407 e. The van der Waals surface area contributed by atoms with E-state index in [-0.39, 0.29) is 12.5 Å². The molecule has 5 rings (SSSR count). The Kier molecular flexibility index (Phi) is 6.57. The zero-order chi connectivity index (χ0) is 24.4. The molecule has 1 heterocycles. The monoisotopic (exact) mass is 500 g/mol. The number of nitrogens with zero attached hydrogens (tertiary/aromatic N) is 2. The number of halogens is 1. The van der Waals surface area contributed by atoms with Crippen molar-refractivity contribution in [3.05, 3.63) is 112 Å². The van der Waals surface area contributed by atoms with E-state index in [0.29, 0.717) is 27.6 Å². The Morgan fingerprint density at radius 1 is 0.971 bits per heavy atom. The lowest BCUT2D eigenvalue weighted by Gasteiger charge is -2.25. The summed E-state index contributed by atoms with van der Waals surface area (Å²) < 4.78 is 0. The second kappa shape index (κ2) is 9.94. The van der Waals surface area contributed by atoms with E-state index in [9.17, 15) is 14.7 Å². The third-order valence-electron chi connectivity index (χ3n) is 6.18. The second-order valence-electron chi connectivity index (χ2n) is 8.26. The molecule has 1 aliphatic carbocycles. The first kappa shape index (κ1) is 23.1. The van der Waals surface area contributed by atoms with Crippen molar-refractivity contribution in [1.29, 1.82) is 0 Å². The zero-order valence-corrected chi connectivity index (χ0v) is 20.2. The molecule has 0 fully saturated rings. The van der Waals surface area contributed by atoms with E-state index in [4.69, 9.17) is 11.6 Å². The maximum atomic E-state index is 12.4. The molecule has 1 amide bonds. The standard InChI is InChI=1S/C28H21ClN2O3S/c29-25-14-30-13-19(27(25)35-26-12-6-1-7-18(26)17-32)15-31(28(33)34)16-24-22-10-4-2-8-20(22)21-9-3-5-11-23(21)24/h1-14,17,24H,15-16H2,(H,33,34). The van der Waals surface area contributed by atoms with Crippen LogP contribution in [-0.4, -0.2) is 33.9 Å². The van der Waals surface area contributed by atoms with Gasteiger partial charge in [-0.25, -0.2) is 4.79 Å². The number of hydrogen-bond donors (Lipinski definition) is 1. The number of carbonyl (C=O) groups is 2. The van der Waals surface area contributed by atoms with Gasteiger partial charge in [0.2, 0.25) is 0 Å². The Bertz CT molecular complexity index is 1380. The Morgan fingerprint density at radius 2 is 1.60 bits per heavy atom. The number of fused-ring (bicyclic) bond motifs is 3. The van der Waals surface area contributed by atoms with Gasteiger partial charge >= 0.3 is 6.09 Å². The fourth-order valence-electron chi connectivity index (χ4n) is 4.56. The number of pyridine rings is 1. The Balaban J connectivity index is 1.47. The van der Waals surface area contributed by atoms with Gasteiger partial charge in [0.25, 0.3) is 0 Å². The van der Waals surface area contributed by atoms with Crippen LogP contribution in [0.3, 0.4) is 0 Å². The molecule has 0 bridgehead atoms. The van der Waals surface area contributed by atoms with Crippen LogP contribution in [0, 0.1) is 0 Å². The molecule has 0 atom stereocenters. The fraction of sp³-hybridized carbons (Fsp3) is 0.107. The summed E-state index contributed by atoms with van der Waals surface area (Å²) in [6.45, 7) is 0.417. The van der Waals surface area contributed by atoms with Gasteiger partial charge in [-0.15, -0.1) is 0 Å². The molecule has 1 aromatic heterocycles. The third kappa shape index (κ3) is 4.55. The van der Waals surface area contributed by atoms with Crippen LogP contribution >= 0.6 is 23.4 Å². The largest absolute Gasteiger partial charge is 0.465 e. The van der Waals surface area contributed by atoms with Gasteiger partial charge in [0.1, 0.15) is 0 Å². The van der Waals surface area contributed by atoms with Crippen LogP contribution in [0.25, 0.3) is 11.1 Å². The van der Waals surface area contributed by atoms with Gasteiger partial charge in [-0.05, 0) is 28.3 Å². The number of amides is 1. The summed E-state index contributed by atoms with van der Waals surface area (Å²) in [6, 6.07) is 23.5. The first-order valence-electron chi connectivity index (χ1n) is 11.1. The summed E-state index contributed by atoms with van der Waals surface area (Å²) in [4.78, 5) is 31.0. The summed E-state index contributed by atoms with van der Waals surface area (Å²) in [5, 5.41) is 10.6. The smallest absolute Gasteiger partial charge is 0.407 e. The van der Waals surface area contributed by atoms with Crippen molar-refractivity contribution in [1.82, 2.24) is 9.88 Å². The van der Waals surface area contributed by atoms with Crippen LogP contribution in [0.15, 0.2) is 95.0 Å². The number of hydrogen-bond acceptors (Lipinski definition) is 4. The highest BCUT2D eigenvalue weighted by atomic mass is 35.5. The van der Waals surface area contributed by atoms with Crippen LogP contribution < -0.4 is 0 Å². The van der Waals surface area contributed by atoms with E-state index >= 15 is 0 Å². The molecule has 7 heteroatoms. The molecule has 0 radical (unpaired) electrons. The number of aldehydes is 1. The predicted octanol–water partition coefficient (Wildman–Crippen LogP) is 6.99. The lowest BCUT2D eigenvalue weighted by molar-refractivity contribution is 0.112. The summed E-state index contributed by atoms with van der Waals surface area (Å²) in [6.07, 6.45) is 2.96. The number of rotatable bonds is 7. The van der Waals surface area contributed by atoms with E-state index in [1.807, 2.05) is 36.4 Å². The molecule has 0 saturated heterocycles. The van der Waals surface area contributed by atoms with Gasteiger partial charge in [-0.2, -0.15) is 0 Å². The first-order chi connectivity index (χ1) is 17.1. The molecule has 3 aromatic carbocycles. The quantitative estimate of drug-likeness (QED) is 0.277. The highest BCUT2D eigenvalue weighted by molar-refractivity contribution is 7.99. The van der Waals surface area contributed by atoms with Crippen LogP contribution in [0.1, 0.15) is 33.0 Å². The van der Waals surface area contributed by atoms with Crippen molar-refractivity contribution in [3.8, 4) is 11.1 Å². The van der Waals surface area contributed by atoms with Crippen molar-refractivity contribution < 1.29 is 14.7 Å². The molecule has 0 spiro atoms. The van der Waals surface area contributed by atoms with Gasteiger partial charge in [0.05, 0.1) is 11.6 Å². The van der Waals surface area contributed by atoms with Crippen molar-refractivity contribution >= 4 is 35.7 Å². The van der Waals surface area contributed by atoms with Crippen LogP contribution in [0.5, 0.6) is 0 Å². The molecule has 1 N–H and O–H groups in total. The SMILES string of the molecule is O=Cc1ccccc1Sc1c(Cl)cncc1CN(CC1c2ccccc2-c2ccccc21)C(=O)O. The van der Waals surface area contributed by atoms with Crippen molar-refractivity contribution in [2.75, 3.05) is 6.54 Å². The molecule has 174 valence electrons. The molecule has 4 aromatic rings. The molecule has 5 nitrogen and oxygen atoms in total. The third-order valence-corrected chi connectivity index (χ3v) is 7.86. The van der Waals surface area contributed by atoms with Crippen molar-refractivity contribution in [2.24, 2.45) is 0 Å². The van der Waals surface area contributed by atoms with Crippen LogP contribution in [0.2, 0.25) is 5.02 Å². The van der Waals surface area contributed by atoms with Crippen LogP contribution in [-0.2, 0) is 6.54 Å². The number of carbonyl (C=O) groups excluding carboxylic acids is 1. The molecule has 0 unspecified atom stereocenters. The minimum atomic E-state index is -1.02. The summed E-state index contributed by atoms with van der Waals surface area (Å²) in [7, 11) is 0. The van der Waals surface area contributed by atoms with Gasteiger partial charge in [-0.3, -0.25) is 9.78 Å². The first-order valence-corrected chi connectivity index (χ1v) is 12.3. The van der Waals surface area contributed by atoms with E-state index in [1.165, 1.54) is 22.9 Å². The van der Waals surface area contributed by atoms with E-state index < -0.39 is 6.09 Å². The summed E-state index contributed by atoms with van der Waals surface area (Å²) in [5.41, 5.74) is 5.77. The number of aromatic nitrogens is 1. The van der Waals surface area contributed by atoms with Gasteiger partial charge < -0.3 is 10.0 Å². The van der Waals surface area contributed by atoms with E-state index in [2.05, 4.69) is 29.2 Å². The van der Waals surface area contributed by atoms with Crippen molar-refractivity contribution in [3.63, 3.8) is 0 Å². The highest BCUT2D eigenvalue weighted by Crippen LogP contribution is 2.45. The Morgan fingerprint density at radius 3 is 2.26 bits per heavy atom. The normalized spacial score (nSPS) is 12.1. The second-order valence-corrected chi connectivity index (χ2v) is 9.72. The Labute approximate surface area is 212 Å². The molecule has 35 heavy (non-hydrogen) atoms. The van der Waals surface area contributed by atoms with Crippen LogP contribution in [0.4, 0.5) is 4.79 Å². The average Bonchev–Trinajstić information content (AvgIpc) is 3.19. The van der Waals surface area contributed by atoms with E-state index in [1.54, 1.807) is 18.3 Å². The zero-order valence-electron chi connectivity index (χ0n) is 18.6. The van der Waals surface area contributed by atoms with Gasteiger partial charge in [0.15, 0.2) is 6.29 Å². The average molecular weight is 501 g/mol. The minimum Gasteiger partial charge on any atom is -0.465 e. The summed E-state index contributed by atoms with van der Waals surface area (Å²) >= 11 is 7.85. The minimum absolute atomic E-state index is 0.0717. The van der Waals surface area contributed by atoms with Gasteiger partial charge in [0, 0.05) is 45.8 Å². The van der Waals surface area contributed by atoms with Crippen molar-refractivity contribution in [2.45, 2.75) is 22.3 Å². The lowest BCUT2D eigenvalue weighted by Crippen LogP contribution is -2.33. The number of carboxylic acid groups (broad SMARTS) is 1. The molecule has 0 aliphatic heterocycles.